The lowest BCUT2D eigenvalue weighted by Gasteiger charge is -2.38. The molecular weight excluding hydrogens is 400 g/mol. The molecule has 1 N–H and O–H groups in total. The zero-order chi connectivity index (χ0) is 22.7. The number of benzene rings is 2. The highest BCUT2D eigenvalue weighted by molar-refractivity contribution is 6.01. The summed E-state index contributed by atoms with van der Waals surface area (Å²) in [6.45, 7) is 6.00. The Morgan fingerprint density at radius 3 is 2.50 bits per heavy atom. The SMILES string of the molecule is CC1CCC(Oc2ncccc2C(C)(C)O)CN1C(=O)c1ccccc1-c1ccccc1. The van der Waals surface area contributed by atoms with Crippen molar-refractivity contribution in [3.8, 4) is 17.0 Å². The average molecular weight is 431 g/mol. The summed E-state index contributed by atoms with van der Waals surface area (Å²) in [4.78, 5) is 19.9. The molecule has 5 nitrogen and oxygen atoms in total. The van der Waals surface area contributed by atoms with Gasteiger partial charge in [0.2, 0.25) is 5.88 Å². The molecule has 0 aliphatic carbocycles. The molecule has 2 heterocycles. The first-order valence-corrected chi connectivity index (χ1v) is 11.1. The normalized spacial score (nSPS) is 18.9. The molecule has 0 radical (unpaired) electrons. The number of aliphatic hydroxyl groups is 1. The Hall–Kier alpha value is -3.18. The number of ether oxygens (including phenoxy) is 1. The molecule has 1 fully saturated rings. The minimum absolute atomic E-state index is 0.00832. The van der Waals surface area contributed by atoms with E-state index >= 15 is 0 Å². The van der Waals surface area contributed by atoms with Crippen LogP contribution in [0.4, 0.5) is 0 Å². The Kier molecular flexibility index (Phi) is 6.28. The van der Waals surface area contributed by atoms with Crippen LogP contribution in [0.1, 0.15) is 49.5 Å². The van der Waals surface area contributed by atoms with E-state index in [1.54, 1.807) is 26.1 Å². The van der Waals surface area contributed by atoms with E-state index in [0.29, 0.717) is 23.6 Å². The number of hydrogen-bond donors (Lipinski definition) is 1. The molecule has 0 saturated carbocycles. The van der Waals surface area contributed by atoms with Gasteiger partial charge in [-0.2, -0.15) is 0 Å². The van der Waals surface area contributed by atoms with Crippen molar-refractivity contribution in [1.29, 1.82) is 0 Å². The lowest BCUT2D eigenvalue weighted by Crippen LogP contribution is -2.49. The third kappa shape index (κ3) is 4.68. The van der Waals surface area contributed by atoms with Crippen LogP contribution in [0.15, 0.2) is 72.9 Å². The van der Waals surface area contributed by atoms with Crippen molar-refractivity contribution in [2.75, 3.05) is 6.54 Å². The molecule has 2 aromatic carbocycles. The highest BCUT2D eigenvalue weighted by atomic mass is 16.5. The minimum atomic E-state index is -1.06. The molecule has 1 saturated heterocycles. The summed E-state index contributed by atoms with van der Waals surface area (Å²) in [5.74, 6) is 0.436. The van der Waals surface area contributed by atoms with Crippen molar-refractivity contribution in [3.05, 3.63) is 84.1 Å². The van der Waals surface area contributed by atoms with Crippen LogP contribution in [0.3, 0.4) is 0 Å². The number of likely N-dealkylation sites (tertiary alicyclic amines) is 1. The Balaban J connectivity index is 1.58. The van der Waals surface area contributed by atoms with Crippen molar-refractivity contribution < 1.29 is 14.6 Å². The Morgan fingerprint density at radius 2 is 1.75 bits per heavy atom. The number of carbonyl (C=O) groups is 1. The van der Waals surface area contributed by atoms with Gasteiger partial charge in [0, 0.05) is 23.4 Å². The highest BCUT2D eigenvalue weighted by Gasteiger charge is 2.33. The third-order valence-electron chi connectivity index (χ3n) is 6.05. The van der Waals surface area contributed by atoms with Crippen LogP contribution >= 0.6 is 0 Å². The maximum absolute atomic E-state index is 13.6. The number of aromatic nitrogens is 1. The second-order valence-electron chi connectivity index (χ2n) is 8.95. The van der Waals surface area contributed by atoms with Crippen LogP contribution < -0.4 is 4.74 Å². The molecule has 1 aliphatic rings. The van der Waals surface area contributed by atoms with E-state index in [2.05, 4.69) is 11.9 Å². The number of pyridine rings is 1. The summed E-state index contributed by atoms with van der Waals surface area (Å²) in [5.41, 5.74) is 2.24. The molecule has 3 aromatic rings. The Labute approximate surface area is 189 Å². The number of hydrogen-bond acceptors (Lipinski definition) is 4. The van der Waals surface area contributed by atoms with Gasteiger partial charge in [-0.1, -0.05) is 48.5 Å². The zero-order valence-electron chi connectivity index (χ0n) is 18.9. The summed E-state index contributed by atoms with van der Waals surface area (Å²) in [6, 6.07) is 21.5. The second-order valence-corrected chi connectivity index (χ2v) is 8.95. The van der Waals surface area contributed by atoms with Gasteiger partial charge in [-0.15, -0.1) is 0 Å². The molecule has 1 amide bonds. The number of amides is 1. The fourth-order valence-corrected chi connectivity index (χ4v) is 4.25. The van der Waals surface area contributed by atoms with Gasteiger partial charge in [0.05, 0.1) is 12.1 Å². The van der Waals surface area contributed by atoms with Crippen molar-refractivity contribution in [1.82, 2.24) is 9.88 Å². The predicted molar refractivity (Wildman–Crippen MR) is 126 cm³/mol. The number of piperidine rings is 1. The van der Waals surface area contributed by atoms with E-state index in [-0.39, 0.29) is 18.1 Å². The topological polar surface area (TPSA) is 62.7 Å². The Bertz CT molecular complexity index is 1080. The van der Waals surface area contributed by atoms with Crippen molar-refractivity contribution in [3.63, 3.8) is 0 Å². The molecule has 5 heteroatoms. The fraction of sp³-hybridized carbons (Fsp3) is 0.333. The van der Waals surface area contributed by atoms with Gasteiger partial charge >= 0.3 is 0 Å². The van der Waals surface area contributed by atoms with Crippen LogP contribution in [0.2, 0.25) is 0 Å². The van der Waals surface area contributed by atoms with Gasteiger partial charge in [0.15, 0.2) is 0 Å². The van der Waals surface area contributed by atoms with E-state index in [4.69, 9.17) is 4.74 Å². The van der Waals surface area contributed by atoms with E-state index in [1.165, 1.54) is 0 Å². The zero-order valence-corrected chi connectivity index (χ0v) is 18.9. The maximum Gasteiger partial charge on any atom is 0.254 e. The number of carbonyl (C=O) groups excluding carboxylic acids is 1. The predicted octanol–water partition coefficient (Wildman–Crippen LogP) is 5.05. The third-order valence-corrected chi connectivity index (χ3v) is 6.05. The lowest BCUT2D eigenvalue weighted by molar-refractivity contribution is 0.0326. The van der Waals surface area contributed by atoms with Crippen LogP contribution in [-0.2, 0) is 5.60 Å². The molecule has 4 rings (SSSR count). The fourth-order valence-electron chi connectivity index (χ4n) is 4.25. The summed E-state index contributed by atoms with van der Waals surface area (Å²) < 4.78 is 6.23. The van der Waals surface area contributed by atoms with Gasteiger partial charge in [-0.25, -0.2) is 4.98 Å². The van der Waals surface area contributed by atoms with Gasteiger partial charge in [0.1, 0.15) is 6.10 Å². The molecule has 0 bridgehead atoms. The molecule has 0 spiro atoms. The smallest absolute Gasteiger partial charge is 0.254 e. The first-order chi connectivity index (χ1) is 15.3. The number of rotatable bonds is 5. The van der Waals surface area contributed by atoms with Crippen molar-refractivity contribution in [2.24, 2.45) is 0 Å². The summed E-state index contributed by atoms with van der Waals surface area (Å²) in [6.07, 6.45) is 3.15. The summed E-state index contributed by atoms with van der Waals surface area (Å²) in [5, 5.41) is 10.5. The molecule has 2 unspecified atom stereocenters. The Morgan fingerprint density at radius 1 is 1.03 bits per heavy atom. The maximum atomic E-state index is 13.6. The summed E-state index contributed by atoms with van der Waals surface area (Å²) >= 11 is 0. The quantitative estimate of drug-likeness (QED) is 0.615. The molecule has 166 valence electrons. The van der Waals surface area contributed by atoms with Crippen LogP contribution in [0.5, 0.6) is 5.88 Å². The molecule has 1 aromatic heterocycles. The van der Waals surface area contributed by atoms with Gasteiger partial charge in [0.25, 0.3) is 5.91 Å². The first kappa shape index (κ1) is 22.0. The van der Waals surface area contributed by atoms with Crippen LogP contribution in [0, 0.1) is 0 Å². The van der Waals surface area contributed by atoms with Gasteiger partial charge in [-0.05, 0) is 62.9 Å². The molecule has 2 atom stereocenters. The van der Waals surface area contributed by atoms with E-state index in [1.807, 2.05) is 65.6 Å². The molecular formula is C27H30N2O3. The van der Waals surface area contributed by atoms with E-state index in [0.717, 1.165) is 24.0 Å². The van der Waals surface area contributed by atoms with Crippen molar-refractivity contribution >= 4 is 5.91 Å². The monoisotopic (exact) mass is 430 g/mol. The minimum Gasteiger partial charge on any atom is -0.472 e. The van der Waals surface area contributed by atoms with Gasteiger partial charge < -0.3 is 14.7 Å². The largest absolute Gasteiger partial charge is 0.472 e. The molecule has 32 heavy (non-hydrogen) atoms. The van der Waals surface area contributed by atoms with E-state index in [9.17, 15) is 9.90 Å². The highest BCUT2D eigenvalue weighted by Crippen LogP contribution is 2.31. The van der Waals surface area contributed by atoms with Crippen molar-refractivity contribution in [2.45, 2.75) is 51.4 Å². The lowest BCUT2D eigenvalue weighted by atomic mass is 9.95. The van der Waals surface area contributed by atoms with E-state index < -0.39 is 5.60 Å². The van der Waals surface area contributed by atoms with Gasteiger partial charge in [-0.3, -0.25) is 4.79 Å². The summed E-state index contributed by atoms with van der Waals surface area (Å²) in [7, 11) is 0. The first-order valence-electron chi connectivity index (χ1n) is 11.1. The molecule has 1 aliphatic heterocycles. The van der Waals surface area contributed by atoms with Crippen LogP contribution in [-0.4, -0.2) is 39.6 Å². The second kappa shape index (κ2) is 9.13. The standard InChI is InChI=1S/C27H30N2O3/c1-19-15-16-21(32-25-24(27(2,3)31)14-9-17-28-25)18-29(19)26(30)23-13-8-7-12-22(23)20-10-5-4-6-11-20/h4-14,17,19,21,31H,15-16,18H2,1-3H3. The number of nitrogens with zero attached hydrogens (tertiary/aromatic N) is 2. The van der Waals surface area contributed by atoms with Crippen LogP contribution in [0.25, 0.3) is 11.1 Å². The average Bonchev–Trinajstić information content (AvgIpc) is 2.80.